The van der Waals surface area contributed by atoms with E-state index in [1.165, 1.54) is 0 Å². The van der Waals surface area contributed by atoms with Gasteiger partial charge in [-0.1, -0.05) is 13.3 Å². The Balaban J connectivity index is 1.63. The van der Waals surface area contributed by atoms with Crippen LogP contribution in [0.3, 0.4) is 0 Å². The molecule has 1 spiro atoms. The lowest BCUT2D eigenvalue weighted by Gasteiger charge is -2.66. The summed E-state index contributed by atoms with van der Waals surface area (Å²) in [6, 6.07) is 1.91. The summed E-state index contributed by atoms with van der Waals surface area (Å²) >= 11 is 0. The number of hydrogen-bond acceptors (Lipinski definition) is 6. The van der Waals surface area contributed by atoms with Gasteiger partial charge in [0, 0.05) is 17.4 Å². The highest BCUT2D eigenvalue weighted by molar-refractivity contribution is 5.88. The summed E-state index contributed by atoms with van der Waals surface area (Å²) in [5.41, 5.74) is -1.76. The number of carbonyl (C=O) groups excluding carboxylic acids is 1. The molecule has 142 valence electrons. The Labute approximate surface area is 152 Å². The van der Waals surface area contributed by atoms with Gasteiger partial charge >= 0.3 is 0 Å². The fourth-order valence-electron chi connectivity index (χ4n) is 6.64. The number of ether oxygens (including phenoxy) is 2. The average Bonchev–Trinajstić information content (AvgIpc) is 3.28. The number of hydrogen-bond donors (Lipinski definition) is 2. The zero-order chi connectivity index (χ0) is 18.2. The molecule has 7 atom stereocenters. The highest BCUT2D eigenvalue weighted by Crippen LogP contribution is 2.70. The van der Waals surface area contributed by atoms with Crippen molar-refractivity contribution >= 4 is 5.78 Å². The lowest BCUT2D eigenvalue weighted by atomic mass is 9.41. The van der Waals surface area contributed by atoms with E-state index in [0.717, 1.165) is 24.8 Å². The van der Waals surface area contributed by atoms with Crippen LogP contribution in [0.15, 0.2) is 23.0 Å². The minimum absolute atomic E-state index is 0.0344. The van der Waals surface area contributed by atoms with Crippen molar-refractivity contribution in [2.45, 2.75) is 57.0 Å². The zero-order valence-corrected chi connectivity index (χ0v) is 15.0. The first-order chi connectivity index (χ1) is 12.5. The molecule has 2 bridgehead atoms. The quantitative estimate of drug-likeness (QED) is 0.838. The van der Waals surface area contributed by atoms with E-state index < -0.39 is 17.6 Å². The molecule has 1 aromatic heterocycles. The van der Waals surface area contributed by atoms with Gasteiger partial charge in [0.2, 0.25) is 0 Å². The zero-order valence-electron chi connectivity index (χ0n) is 15.0. The van der Waals surface area contributed by atoms with Gasteiger partial charge in [0.25, 0.3) is 0 Å². The number of ketones is 1. The van der Waals surface area contributed by atoms with Crippen molar-refractivity contribution in [2.24, 2.45) is 22.7 Å². The molecule has 2 saturated heterocycles. The van der Waals surface area contributed by atoms with E-state index in [2.05, 4.69) is 6.92 Å². The molecular weight excluding hydrogens is 336 g/mol. The van der Waals surface area contributed by atoms with Gasteiger partial charge in [0.15, 0.2) is 6.29 Å². The molecule has 0 radical (unpaired) electrons. The third kappa shape index (κ3) is 1.79. The monoisotopic (exact) mass is 362 g/mol. The smallest absolute Gasteiger partial charge is 0.164 e. The normalized spacial score (nSPS) is 50.3. The highest BCUT2D eigenvalue weighted by atomic mass is 16.7. The maximum atomic E-state index is 13.2. The number of aliphatic hydroxyl groups excluding tert-OH is 1. The Morgan fingerprint density at radius 1 is 1.38 bits per heavy atom. The van der Waals surface area contributed by atoms with Crippen LogP contribution in [0.4, 0.5) is 0 Å². The lowest BCUT2D eigenvalue weighted by Crippen LogP contribution is -2.74. The summed E-state index contributed by atoms with van der Waals surface area (Å²) < 4.78 is 17.7. The van der Waals surface area contributed by atoms with Gasteiger partial charge in [-0.05, 0) is 37.2 Å². The second-order valence-corrected chi connectivity index (χ2v) is 8.78. The van der Waals surface area contributed by atoms with E-state index in [9.17, 15) is 15.0 Å². The SMILES string of the molecule is CC1CC(=O)C23COC4OC(c5ccoc5)CC14C2CCCC3(O)CO. The van der Waals surface area contributed by atoms with Crippen molar-refractivity contribution in [3.63, 3.8) is 0 Å². The minimum Gasteiger partial charge on any atom is -0.472 e. The summed E-state index contributed by atoms with van der Waals surface area (Å²) in [5, 5.41) is 21.3. The van der Waals surface area contributed by atoms with Crippen molar-refractivity contribution in [3.8, 4) is 0 Å². The number of rotatable bonds is 2. The molecule has 0 aromatic carbocycles. The molecule has 6 nitrogen and oxygen atoms in total. The van der Waals surface area contributed by atoms with E-state index in [0.29, 0.717) is 12.8 Å². The van der Waals surface area contributed by atoms with Crippen LogP contribution in [-0.4, -0.2) is 41.1 Å². The topological polar surface area (TPSA) is 89.1 Å². The standard InChI is InChI=1S/C20H26O6/c1-12-7-16(22)20-11-25-17-19(12,8-14(26-17)13-4-6-24-9-13)15(20)3-2-5-18(20,23)10-21/h4,6,9,12,14-15,17,21,23H,2-3,5,7-8,10-11H2,1H3. The number of Topliss-reactive ketones (excluding diaryl/α,β-unsaturated/α-hetero) is 1. The van der Waals surface area contributed by atoms with Crippen LogP contribution >= 0.6 is 0 Å². The van der Waals surface area contributed by atoms with Gasteiger partial charge in [-0.2, -0.15) is 0 Å². The first-order valence-corrected chi connectivity index (χ1v) is 9.64. The average molecular weight is 362 g/mol. The number of carbonyl (C=O) groups is 1. The fraction of sp³-hybridized carbons (Fsp3) is 0.750. The third-order valence-corrected chi connectivity index (χ3v) is 7.97. The van der Waals surface area contributed by atoms with Crippen molar-refractivity contribution in [1.82, 2.24) is 0 Å². The maximum absolute atomic E-state index is 13.2. The van der Waals surface area contributed by atoms with Crippen LogP contribution in [0.25, 0.3) is 0 Å². The molecule has 2 aliphatic heterocycles. The molecule has 7 unspecified atom stereocenters. The number of aliphatic hydroxyl groups is 2. The van der Waals surface area contributed by atoms with E-state index in [1.807, 2.05) is 6.07 Å². The Bertz CT molecular complexity index is 716. The molecular formula is C20H26O6. The van der Waals surface area contributed by atoms with Crippen molar-refractivity contribution < 1.29 is 28.9 Å². The van der Waals surface area contributed by atoms with Gasteiger partial charge in [-0.3, -0.25) is 4.79 Å². The molecule has 5 rings (SSSR count). The number of furan rings is 1. The summed E-state index contributed by atoms with van der Waals surface area (Å²) in [7, 11) is 0. The molecule has 2 aliphatic carbocycles. The summed E-state index contributed by atoms with van der Waals surface area (Å²) in [6.07, 6.45) is 6.08. The predicted molar refractivity (Wildman–Crippen MR) is 89.9 cm³/mol. The Morgan fingerprint density at radius 3 is 2.96 bits per heavy atom. The van der Waals surface area contributed by atoms with E-state index in [1.54, 1.807) is 12.5 Å². The second kappa shape index (κ2) is 5.41. The summed E-state index contributed by atoms with van der Waals surface area (Å²) in [4.78, 5) is 13.2. The van der Waals surface area contributed by atoms with Crippen LogP contribution in [0.1, 0.15) is 50.7 Å². The first kappa shape index (κ1) is 16.9. The summed E-state index contributed by atoms with van der Waals surface area (Å²) in [5.74, 6) is 0.117. The van der Waals surface area contributed by atoms with Crippen LogP contribution in [0, 0.1) is 22.7 Å². The van der Waals surface area contributed by atoms with Crippen molar-refractivity contribution in [2.75, 3.05) is 13.2 Å². The molecule has 4 aliphatic rings. The largest absolute Gasteiger partial charge is 0.472 e. The second-order valence-electron chi connectivity index (χ2n) is 8.78. The predicted octanol–water partition coefficient (Wildman–Crippen LogP) is 2.20. The van der Waals surface area contributed by atoms with Crippen LogP contribution < -0.4 is 0 Å². The molecule has 26 heavy (non-hydrogen) atoms. The third-order valence-electron chi connectivity index (χ3n) is 7.97. The highest BCUT2D eigenvalue weighted by Gasteiger charge is 2.75. The molecule has 6 heteroatoms. The fourth-order valence-corrected chi connectivity index (χ4v) is 6.64. The van der Waals surface area contributed by atoms with Crippen molar-refractivity contribution in [3.05, 3.63) is 24.2 Å². The van der Waals surface area contributed by atoms with E-state index >= 15 is 0 Å². The minimum atomic E-state index is -1.40. The maximum Gasteiger partial charge on any atom is 0.164 e. The van der Waals surface area contributed by atoms with Gasteiger partial charge in [0.05, 0.1) is 37.3 Å². The van der Waals surface area contributed by atoms with E-state index in [4.69, 9.17) is 13.9 Å². The molecule has 3 heterocycles. The Morgan fingerprint density at radius 2 is 2.23 bits per heavy atom. The lowest BCUT2D eigenvalue weighted by molar-refractivity contribution is -0.319. The van der Waals surface area contributed by atoms with Gasteiger partial charge in [-0.15, -0.1) is 0 Å². The van der Waals surface area contributed by atoms with Gasteiger partial charge in [0.1, 0.15) is 11.4 Å². The van der Waals surface area contributed by atoms with Crippen LogP contribution in [0.2, 0.25) is 0 Å². The van der Waals surface area contributed by atoms with Crippen LogP contribution in [-0.2, 0) is 14.3 Å². The molecule has 1 aromatic rings. The van der Waals surface area contributed by atoms with Crippen LogP contribution in [0.5, 0.6) is 0 Å². The first-order valence-electron chi connectivity index (χ1n) is 9.64. The van der Waals surface area contributed by atoms with Gasteiger partial charge in [-0.25, -0.2) is 0 Å². The van der Waals surface area contributed by atoms with Crippen molar-refractivity contribution in [1.29, 1.82) is 0 Å². The molecule has 2 saturated carbocycles. The molecule has 0 amide bonds. The van der Waals surface area contributed by atoms with Gasteiger partial charge < -0.3 is 24.1 Å². The summed E-state index contributed by atoms with van der Waals surface area (Å²) in [6.45, 7) is 1.84. The molecule has 4 fully saturated rings. The Kier molecular flexibility index (Phi) is 3.52. The molecule has 2 N–H and O–H groups in total. The van der Waals surface area contributed by atoms with E-state index in [-0.39, 0.29) is 42.0 Å². The Hall–Kier alpha value is -1.21.